The van der Waals surface area contributed by atoms with Crippen LogP contribution in [0.1, 0.15) is 30.9 Å². The Labute approximate surface area is 130 Å². The molecule has 2 unspecified atom stereocenters. The predicted molar refractivity (Wildman–Crippen MR) is 83.6 cm³/mol. The van der Waals surface area contributed by atoms with Gasteiger partial charge >= 0.3 is 0 Å². The highest BCUT2D eigenvalue weighted by Gasteiger charge is 2.28. The summed E-state index contributed by atoms with van der Waals surface area (Å²) in [5.74, 6) is 1.18. The summed E-state index contributed by atoms with van der Waals surface area (Å²) in [4.78, 5) is 11.5. The number of aryl methyl sites for hydroxylation is 1. The van der Waals surface area contributed by atoms with Gasteiger partial charge < -0.3 is 9.64 Å². The summed E-state index contributed by atoms with van der Waals surface area (Å²) >= 11 is 0. The Bertz CT molecular complexity index is 649. The zero-order valence-corrected chi connectivity index (χ0v) is 13.1. The lowest BCUT2D eigenvalue weighted by Gasteiger charge is -2.33. The molecule has 0 aromatic carbocycles. The average molecular weight is 301 g/mol. The minimum atomic E-state index is 0.469. The molecule has 0 saturated carbocycles. The number of hydrogen-bond acceptors (Lipinski definition) is 5. The molecule has 0 radical (unpaired) electrons. The second kappa shape index (κ2) is 5.93. The third-order valence-electron chi connectivity index (χ3n) is 4.92. The van der Waals surface area contributed by atoms with E-state index in [1.165, 1.54) is 25.8 Å². The number of hydrogen-bond donors (Lipinski definition) is 0. The van der Waals surface area contributed by atoms with Crippen molar-refractivity contribution in [3.8, 4) is 0 Å². The molecule has 0 spiro atoms. The molecule has 22 heavy (non-hydrogen) atoms. The topological polar surface area (TPSA) is 56.1 Å². The van der Waals surface area contributed by atoms with Crippen LogP contribution in [0.5, 0.6) is 0 Å². The molecule has 0 aliphatic carbocycles. The van der Waals surface area contributed by atoms with Gasteiger partial charge in [-0.05, 0) is 31.7 Å². The zero-order valence-electron chi connectivity index (χ0n) is 13.1. The van der Waals surface area contributed by atoms with Gasteiger partial charge in [-0.15, -0.1) is 0 Å². The molecule has 6 nitrogen and oxygen atoms in total. The summed E-state index contributed by atoms with van der Waals surface area (Å²) in [6, 6.07) is 0. The summed E-state index contributed by atoms with van der Waals surface area (Å²) in [7, 11) is 1.96. The molecule has 2 fully saturated rings. The van der Waals surface area contributed by atoms with Crippen molar-refractivity contribution in [2.45, 2.75) is 25.2 Å². The Kier molecular flexibility index (Phi) is 3.80. The third-order valence-corrected chi connectivity index (χ3v) is 4.92. The third kappa shape index (κ3) is 2.61. The smallest absolute Gasteiger partial charge is 0.176 e. The van der Waals surface area contributed by atoms with Crippen LogP contribution in [0.15, 0.2) is 12.4 Å². The van der Waals surface area contributed by atoms with Crippen LogP contribution >= 0.6 is 0 Å². The van der Waals surface area contributed by atoms with Crippen LogP contribution in [0, 0.1) is 5.92 Å². The minimum absolute atomic E-state index is 0.469. The van der Waals surface area contributed by atoms with Gasteiger partial charge in [-0.2, -0.15) is 5.10 Å². The first-order valence-corrected chi connectivity index (χ1v) is 8.25. The van der Waals surface area contributed by atoms with Crippen LogP contribution in [0.3, 0.4) is 0 Å². The van der Waals surface area contributed by atoms with Crippen molar-refractivity contribution >= 4 is 11.2 Å². The van der Waals surface area contributed by atoms with Crippen LogP contribution in [0.2, 0.25) is 0 Å². The van der Waals surface area contributed by atoms with Gasteiger partial charge in [0.2, 0.25) is 0 Å². The van der Waals surface area contributed by atoms with Gasteiger partial charge in [-0.3, -0.25) is 0 Å². The molecule has 0 amide bonds. The fourth-order valence-corrected chi connectivity index (χ4v) is 3.82. The molecule has 0 N–H and O–H groups in total. The van der Waals surface area contributed by atoms with Crippen LogP contribution in [0.25, 0.3) is 11.2 Å². The number of aromatic nitrogens is 4. The maximum atomic E-state index is 5.51. The van der Waals surface area contributed by atoms with Gasteiger partial charge in [-0.25, -0.2) is 14.6 Å². The first-order chi connectivity index (χ1) is 10.8. The first kappa shape index (κ1) is 14.1. The highest BCUT2D eigenvalue weighted by Crippen LogP contribution is 2.30. The van der Waals surface area contributed by atoms with Crippen molar-refractivity contribution in [3.05, 3.63) is 18.1 Å². The second-order valence-corrected chi connectivity index (χ2v) is 6.57. The number of piperidine rings is 1. The van der Waals surface area contributed by atoms with E-state index in [0.717, 1.165) is 43.2 Å². The van der Waals surface area contributed by atoms with E-state index in [0.29, 0.717) is 11.8 Å². The number of rotatable bonds is 3. The molecule has 2 saturated heterocycles. The highest BCUT2D eigenvalue weighted by atomic mass is 16.5. The van der Waals surface area contributed by atoms with Crippen molar-refractivity contribution in [1.82, 2.24) is 24.6 Å². The van der Waals surface area contributed by atoms with Crippen LogP contribution < -0.4 is 0 Å². The summed E-state index contributed by atoms with van der Waals surface area (Å²) in [6.45, 7) is 5.30. The standard InChI is InChI=1S/C16H23N5O/c1-20-16-15(17-5-6-18-16)14(19-20)13-3-2-7-21(10-13)9-12-4-8-22-11-12/h5-6,12-13H,2-4,7-11H2,1H3. The lowest BCUT2D eigenvalue weighted by Crippen LogP contribution is -2.38. The monoisotopic (exact) mass is 301 g/mol. The van der Waals surface area contributed by atoms with Gasteiger partial charge in [0.1, 0.15) is 5.52 Å². The molecular weight excluding hydrogens is 278 g/mol. The Hall–Kier alpha value is -1.53. The summed E-state index contributed by atoms with van der Waals surface area (Å²) in [6.07, 6.45) is 7.14. The summed E-state index contributed by atoms with van der Waals surface area (Å²) < 4.78 is 7.37. The fourth-order valence-electron chi connectivity index (χ4n) is 3.82. The molecule has 2 atom stereocenters. The van der Waals surface area contributed by atoms with Gasteiger partial charge in [-0.1, -0.05) is 0 Å². The average Bonchev–Trinajstić information content (AvgIpc) is 3.16. The van der Waals surface area contributed by atoms with Crippen molar-refractivity contribution in [3.63, 3.8) is 0 Å². The Morgan fingerprint density at radius 2 is 2.18 bits per heavy atom. The SMILES string of the molecule is Cn1nc(C2CCCN(CC3CCOC3)C2)c2nccnc21. The van der Waals surface area contributed by atoms with Gasteiger partial charge in [0, 0.05) is 45.1 Å². The molecule has 4 heterocycles. The van der Waals surface area contributed by atoms with Gasteiger partial charge in [0.05, 0.1) is 12.3 Å². The molecule has 2 aliphatic heterocycles. The normalized spacial score (nSPS) is 26.8. The number of fused-ring (bicyclic) bond motifs is 1. The van der Waals surface area contributed by atoms with Gasteiger partial charge in [0.15, 0.2) is 5.65 Å². The van der Waals surface area contributed by atoms with Gasteiger partial charge in [0.25, 0.3) is 0 Å². The fraction of sp³-hybridized carbons (Fsp3) is 0.688. The van der Waals surface area contributed by atoms with Crippen molar-refractivity contribution in [1.29, 1.82) is 0 Å². The molecule has 4 rings (SSSR count). The van der Waals surface area contributed by atoms with Crippen LogP contribution in [0.4, 0.5) is 0 Å². The summed E-state index contributed by atoms with van der Waals surface area (Å²) in [5, 5.41) is 4.72. The second-order valence-electron chi connectivity index (χ2n) is 6.57. The zero-order chi connectivity index (χ0) is 14.9. The lowest BCUT2D eigenvalue weighted by atomic mass is 9.93. The highest BCUT2D eigenvalue weighted by molar-refractivity contribution is 5.73. The van der Waals surface area contributed by atoms with E-state index in [1.54, 1.807) is 12.4 Å². The number of likely N-dealkylation sites (tertiary alicyclic amines) is 1. The van der Waals surface area contributed by atoms with E-state index in [4.69, 9.17) is 9.84 Å². The molecule has 2 aliphatic rings. The molecule has 2 aromatic rings. The Morgan fingerprint density at radius 1 is 1.27 bits per heavy atom. The van der Waals surface area contributed by atoms with E-state index in [2.05, 4.69) is 14.9 Å². The Morgan fingerprint density at radius 3 is 3.05 bits per heavy atom. The first-order valence-electron chi connectivity index (χ1n) is 8.25. The van der Waals surface area contributed by atoms with E-state index in [9.17, 15) is 0 Å². The maximum absolute atomic E-state index is 5.51. The molecule has 0 bridgehead atoms. The van der Waals surface area contributed by atoms with E-state index in [1.807, 2.05) is 11.7 Å². The number of ether oxygens (including phenoxy) is 1. The molecule has 6 heteroatoms. The van der Waals surface area contributed by atoms with E-state index in [-0.39, 0.29) is 0 Å². The van der Waals surface area contributed by atoms with E-state index >= 15 is 0 Å². The number of nitrogens with zero attached hydrogens (tertiary/aromatic N) is 5. The van der Waals surface area contributed by atoms with Crippen LogP contribution in [-0.2, 0) is 11.8 Å². The van der Waals surface area contributed by atoms with E-state index < -0.39 is 0 Å². The largest absolute Gasteiger partial charge is 0.381 e. The Balaban J connectivity index is 1.53. The molecule has 118 valence electrons. The molecular formula is C16H23N5O. The quantitative estimate of drug-likeness (QED) is 0.861. The molecule has 2 aromatic heterocycles. The maximum Gasteiger partial charge on any atom is 0.176 e. The van der Waals surface area contributed by atoms with Crippen molar-refractivity contribution in [2.75, 3.05) is 32.8 Å². The van der Waals surface area contributed by atoms with Crippen molar-refractivity contribution in [2.24, 2.45) is 13.0 Å². The summed E-state index contributed by atoms with van der Waals surface area (Å²) in [5.41, 5.74) is 2.98. The van der Waals surface area contributed by atoms with Crippen molar-refractivity contribution < 1.29 is 4.74 Å². The lowest BCUT2D eigenvalue weighted by molar-refractivity contribution is 0.149. The predicted octanol–water partition coefficient (Wildman–Crippen LogP) is 1.58. The minimum Gasteiger partial charge on any atom is -0.381 e. The van der Waals surface area contributed by atoms with Crippen LogP contribution in [-0.4, -0.2) is 57.5 Å².